The number of anilines is 1. The monoisotopic (exact) mass is 340 g/mol. The number of benzene rings is 1. The van der Waals surface area contributed by atoms with Gasteiger partial charge in [-0.2, -0.15) is 0 Å². The third-order valence-electron chi connectivity index (χ3n) is 3.29. The number of pyridine rings is 1. The van der Waals surface area contributed by atoms with Crippen LogP contribution >= 0.6 is 11.6 Å². The highest BCUT2D eigenvalue weighted by Crippen LogP contribution is 2.24. The lowest BCUT2D eigenvalue weighted by Gasteiger charge is -2.09. The standard InChI is InChI=1S/C17H13ClN4O2/c18-12-6-4-11(5-7-12)15-14(16(23)24)10-21-17(22-15)20-9-13-3-1-2-8-19-13/h1-8,10H,9H2,(H,23,24)(H,20,21,22). The molecule has 0 bridgehead atoms. The Morgan fingerprint density at radius 3 is 2.58 bits per heavy atom. The molecule has 0 aliphatic heterocycles. The van der Waals surface area contributed by atoms with Crippen molar-refractivity contribution in [2.45, 2.75) is 6.54 Å². The SMILES string of the molecule is O=C(O)c1cnc(NCc2ccccn2)nc1-c1ccc(Cl)cc1. The average Bonchev–Trinajstić information content (AvgIpc) is 2.61. The van der Waals surface area contributed by atoms with Gasteiger partial charge in [-0.15, -0.1) is 0 Å². The van der Waals surface area contributed by atoms with E-state index in [1.807, 2.05) is 18.2 Å². The number of carboxylic acid groups (broad SMARTS) is 1. The number of carboxylic acids is 1. The summed E-state index contributed by atoms with van der Waals surface area (Å²) in [5.74, 6) is -0.758. The lowest BCUT2D eigenvalue weighted by Crippen LogP contribution is -2.09. The third kappa shape index (κ3) is 3.67. The summed E-state index contributed by atoms with van der Waals surface area (Å²) >= 11 is 5.88. The normalized spacial score (nSPS) is 10.4. The minimum Gasteiger partial charge on any atom is -0.478 e. The number of nitrogens with zero attached hydrogens (tertiary/aromatic N) is 3. The molecule has 3 rings (SSSR count). The Balaban J connectivity index is 1.91. The van der Waals surface area contributed by atoms with Crippen molar-refractivity contribution in [1.82, 2.24) is 15.0 Å². The van der Waals surface area contributed by atoms with E-state index in [1.165, 1.54) is 6.20 Å². The van der Waals surface area contributed by atoms with E-state index in [1.54, 1.807) is 30.5 Å². The van der Waals surface area contributed by atoms with Gasteiger partial charge in [0.25, 0.3) is 0 Å². The van der Waals surface area contributed by atoms with Crippen LogP contribution in [-0.2, 0) is 6.54 Å². The molecule has 2 aromatic heterocycles. The highest BCUT2D eigenvalue weighted by molar-refractivity contribution is 6.30. The maximum atomic E-state index is 11.4. The molecule has 0 spiro atoms. The number of rotatable bonds is 5. The first kappa shape index (κ1) is 15.9. The van der Waals surface area contributed by atoms with E-state index in [0.29, 0.717) is 28.8 Å². The van der Waals surface area contributed by atoms with Crippen LogP contribution in [0.3, 0.4) is 0 Å². The number of aromatic nitrogens is 3. The van der Waals surface area contributed by atoms with Gasteiger partial charge in [0.1, 0.15) is 5.56 Å². The van der Waals surface area contributed by atoms with Crippen molar-refractivity contribution in [2.75, 3.05) is 5.32 Å². The summed E-state index contributed by atoms with van der Waals surface area (Å²) in [5.41, 5.74) is 1.84. The molecule has 0 radical (unpaired) electrons. The molecule has 0 fully saturated rings. The first-order chi connectivity index (χ1) is 11.6. The number of nitrogens with one attached hydrogen (secondary N) is 1. The van der Waals surface area contributed by atoms with Crippen LogP contribution in [0.2, 0.25) is 5.02 Å². The maximum Gasteiger partial charge on any atom is 0.339 e. The van der Waals surface area contributed by atoms with Gasteiger partial charge < -0.3 is 10.4 Å². The van der Waals surface area contributed by atoms with Gasteiger partial charge >= 0.3 is 5.97 Å². The molecule has 2 N–H and O–H groups in total. The molecule has 2 heterocycles. The van der Waals surface area contributed by atoms with Gasteiger partial charge in [0, 0.05) is 23.0 Å². The molecule has 0 amide bonds. The van der Waals surface area contributed by atoms with Crippen LogP contribution in [0.5, 0.6) is 0 Å². The minimum absolute atomic E-state index is 0.0284. The maximum absolute atomic E-state index is 11.4. The number of carbonyl (C=O) groups is 1. The van der Waals surface area contributed by atoms with E-state index in [-0.39, 0.29) is 5.56 Å². The fraction of sp³-hybridized carbons (Fsp3) is 0.0588. The molecule has 120 valence electrons. The Hall–Kier alpha value is -2.99. The smallest absolute Gasteiger partial charge is 0.339 e. The second-order valence-corrected chi connectivity index (χ2v) is 5.38. The quantitative estimate of drug-likeness (QED) is 0.739. The molecular weight excluding hydrogens is 328 g/mol. The van der Waals surface area contributed by atoms with Gasteiger partial charge in [0.05, 0.1) is 17.9 Å². The van der Waals surface area contributed by atoms with Gasteiger partial charge in [-0.1, -0.05) is 29.8 Å². The molecule has 0 unspecified atom stereocenters. The lowest BCUT2D eigenvalue weighted by atomic mass is 10.1. The molecule has 0 saturated heterocycles. The molecule has 3 aromatic rings. The van der Waals surface area contributed by atoms with Crippen molar-refractivity contribution in [1.29, 1.82) is 0 Å². The summed E-state index contributed by atoms with van der Waals surface area (Å²) in [6.07, 6.45) is 2.99. The van der Waals surface area contributed by atoms with E-state index in [9.17, 15) is 9.90 Å². The molecule has 6 nitrogen and oxygen atoms in total. The van der Waals surface area contributed by atoms with Crippen LogP contribution in [0.1, 0.15) is 16.1 Å². The fourth-order valence-electron chi connectivity index (χ4n) is 2.12. The van der Waals surface area contributed by atoms with Crippen LogP contribution in [0.4, 0.5) is 5.95 Å². The summed E-state index contributed by atoms with van der Waals surface area (Å²) in [6.45, 7) is 0.438. The molecule has 0 saturated carbocycles. The third-order valence-corrected chi connectivity index (χ3v) is 3.54. The lowest BCUT2D eigenvalue weighted by molar-refractivity contribution is 0.0697. The topological polar surface area (TPSA) is 88.0 Å². The fourth-order valence-corrected chi connectivity index (χ4v) is 2.25. The summed E-state index contributed by atoms with van der Waals surface area (Å²) in [4.78, 5) is 24.0. The van der Waals surface area contributed by atoms with Crippen molar-refractivity contribution in [3.63, 3.8) is 0 Å². The number of halogens is 1. The van der Waals surface area contributed by atoms with Gasteiger partial charge in [-0.05, 0) is 24.3 Å². The highest BCUT2D eigenvalue weighted by Gasteiger charge is 2.15. The zero-order valence-corrected chi connectivity index (χ0v) is 13.2. The number of hydrogen-bond donors (Lipinski definition) is 2. The summed E-state index contributed by atoms with van der Waals surface area (Å²) in [5, 5.41) is 13.0. The Labute approximate surface area is 143 Å². The van der Waals surface area contributed by atoms with Crippen LogP contribution in [0, 0.1) is 0 Å². The van der Waals surface area contributed by atoms with Gasteiger partial charge in [-0.3, -0.25) is 4.98 Å². The highest BCUT2D eigenvalue weighted by atomic mass is 35.5. The predicted octanol–water partition coefficient (Wildman–Crippen LogP) is 3.50. The van der Waals surface area contributed by atoms with E-state index < -0.39 is 5.97 Å². The number of aromatic carboxylic acids is 1. The molecule has 1 aromatic carbocycles. The minimum atomic E-state index is -1.09. The first-order valence-electron chi connectivity index (χ1n) is 7.13. The van der Waals surface area contributed by atoms with Crippen molar-refractivity contribution >= 4 is 23.5 Å². The van der Waals surface area contributed by atoms with Crippen molar-refractivity contribution in [2.24, 2.45) is 0 Å². The zero-order chi connectivity index (χ0) is 16.9. The van der Waals surface area contributed by atoms with Crippen LogP contribution < -0.4 is 5.32 Å². The average molecular weight is 341 g/mol. The van der Waals surface area contributed by atoms with E-state index >= 15 is 0 Å². The summed E-state index contributed by atoms with van der Waals surface area (Å²) in [6, 6.07) is 12.4. The Morgan fingerprint density at radius 1 is 1.12 bits per heavy atom. The second kappa shape index (κ2) is 7.06. The van der Waals surface area contributed by atoms with E-state index in [2.05, 4.69) is 20.3 Å². The van der Waals surface area contributed by atoms with E-state index in [4.69, 9.17) is 11.6 Å². The molecular formula is C17H13ClN4O2. The van der Waals surface area contributed by atoms with Crippen LogP contribution in [-0.4, -0.2) is 26.0 Å². The molecule has 0 aliphatic carbocycles. The molecule has 0 aliphatic rings. The summed E-state index contributed by atoms with van der Waals surface area (Å²) in [7, 11) is 0. The van der Waals surface area contributed by atoms with Crippen LogP contribution in [0.15, 0.2) is 54.9 Å². The largest absolute Gasteiger partial charge is 0.478 e. The van der Waals surface area contributed by atoms with Gasteiger partial charge in [-0.25, -0.2) is 14.8 Å². The van der Waals surface area contributed by atoms with Gasteiger partial charge in [0.2, 0.25) is 5.95 Å². The predicted molar refractivity (Wildman–Crippen MR) is 91.0 cm³/mol. The van der Waals surface area contributed by atoms with Gasteiger partial charge in [0.15, 0.2) is 0 Å². The van der Waals surface area contributed by atoms with Crippen molar-refractivity contribution in [3.8, 4) is 11.3 Å². The summed E-state index contributed by atoms with van der Waals surface area (Å²) < 4.78 is 0. The Kier molecular flexibility index (Phi) is 4.67. The second-order valence-electron chi connectivity index (χ2n) is 4.94. The molecule has 24 heavy (non-hydrogen) atoms. The van der Waals surface area contributed by atoms with Crippen LogP contribution in [0.25, 0.3) is 11.3 Å². The van der Waals surface area contributed by atoms with Crippen molar-refractivity contribution < 1.29 is 9.90 Å². The zero-order valence-electron chi connectivity index (χ0n) is 12.5. The Morgan fingerprint density at radius 2 is 1.92 bits per heavy atom. The molecule has 7 heteroatoms. The Bertz CT molecular complexity index is 854. The van der Waals surface area contributed by atoms with Crippen molar-refractivity contribution in [3.05, 3.63) is 71.1 Å². The first-order valence-corrected chi connectivity index (χ1v) is 7.51. The molecule has 0 atom stereocenters. The van der Waals surface area contributed by atoms with E-state index in [0.717, 1.165) is 5.69 Å². The number of hydrogen-bond acceptors (Lipinski definition) is 5.